The van der Waals surface area contributed by atoms with Crippen molar-refractivity contribution in [1.82, 2.24) is 15.1 Å². The molecule has 1 aliphatic heterocycles. The number of carbonyl (C=O) groups excluding carboxylic acids is 1. The number of amides is 1. The molecule has 1 amide bonds. The molecule has 0 aromatic heterocycles. The predicted octanol–water partition coefficient (Wildman–Crippen LogP) is 0.929. The fraction of sp³-hybridized carbons (Fsp3) is 0.923. The van der Waals surface area contributed by atoms with E-state index < -0.39 is 0 Å². The lowest BCUT2D eigenvalue weighted by molar-refractivity contribution is -0.129. The van der Waals surface area contributed by atoms with Gasteiger partial charge in [0, 0.05) is 39.6 Å². The van der Waals surface area contributed by atoms with Gasteiger partial charge in [0.1, 0.15) is 0 Å². The summed E-state index contributed by atoms with van der Waals surface area (Å²) in [5.41, 5.74) is 0. The quantitative estimate of drug-likeness (QED) is 0.751. The van der Waals surface area contributed by atoms with Gasteiger partial charge in [0.05, 0.1) is 0 Å². The molecule has 1 heterocycles. The van der Waals surface area contributed by atoms with Crippen LogP contribution in [0.5, 0.6) is 0 Å². The zero-order valence-electron chi connectivity index (χ0n) is 11.5. The van der Waals surface area contributed by atoms with Gasteiger partial charge in [-0.2, -0.15) is 0 Å². The number of likely N-dealkylation sites (N-methyl/N-ethyl adjacent to an activating group) is 1. The summed E-state index contributed by atoms with van der Waals surface area (Å²) in [6, 6.07) is 0.623. The van der Waals surface area contributed by atoms with Crippen LogP contribution in [0.25, 0.3) is 0 Å². The molecule has 0 aromatic rings. The molecule has 1 saturated heterocycles. The van der Waals surface area contributed by atoms with E-state index in [1.807, 2.05) is 14.1 Å². The SMILES string of the molecule is CCN(CCC(=O)N(C)C)CC1CCCCN1. The van der Waals surface area contributed by atoms with Gasteiger partial charge in [-0.05, 0) is 25.9 Å². The molecule has 0 saturated carbocycles. The van der Waals surface area contributed by atoms with Crippen LogP contribution < -0.4 is 5.32 Å². The lowest BCUT2D eigenvalue weighted by Gasteiger charge is -2.30. The molecule has 17 heavy (non-hydrogen) atoms. The normalized spacial score (nSPS) is 20.6. The van der Waals surface area contributed by atoms with E-state index in [0.717, 1.165) is 26.2 Å². The fourth-order valence-electron chi connectivity index (χ4n) is 2.25. The standard InChI is InChI=1S/C13H27N3O/c1-4-16(10-8-13(17)15(2)3)11-12-7-5-6-9-14-12/h12,14H,4-11H2,1-3H3. The molecule has 1 N–H and O–H groups in total. The first-order chi connectivity index (χ1) is 8.13. The highest BCUT2D eigenvalue weighted by atomic mass is 16.2. The lowest BCUT2D eigenvalue weighted by atomic mass is 10.0. The third kappa shape index (κ3) is 5.50. The first-order valence-electron chi connectivity index (χ1n) is 6.79. The number of piperidine rings is 1. The first-order valence-corrected chi connectivity index (χ1v) is 6.79. The van der Waals surface area contributed by atoms with Crippen molar-refractivity contribution in [3.63, 3.8) is 0 Å². The maximum absolute atomic E-state index is 11.5. The average Bonchev–Trinajstić information content (AvgIpc) is 2.35. The number of hydrogen-bond acceptors (Lipinski definition) is 3. The van der Waals surface area contributed by atoms with Gasteiger partial charge in [-0.15, -0.1) is 0 Å². The summed E-state index contributed by atoms with van der Waals surface area (Å²) < 4.78 is 0. The van der Waals surface area contributed by atoms with E-state index in [0.29, 0.717) is 12.5 Å². The molecule has 1 unspecified atom stereocenters. The average molecular weight is 241 g/mol. The molecule has 100 valence electrons. The van der Waals surface area contributed by atoms with Crippen molar-refractivity contribution in [2.75, 3.05) is 40.3 Å². The highest BCUT2D eigenvalue weighted by Crippen LogP contribution is 2.08. The minimum atomic E-state index is 0.222. The summed E-state index contributed by atoms with van der Waals surface area (Å²) >= 11 is 0. The number of hydrogen-bond donors (Lipinski definition) is 1. The molecule has 1 fully saturated rings. The second kappa shape index (κ2) is 7.67. The van der Waals surface area contributed by atoms with Crippen LogP contribution in [-0.4, -0.2) is 62.0 Å². The van der Waals surface area contributed by atoms with Crippen LogP contribution >= 0.6 is 0 Å². The van der Waals surface area contributed by atoms with Gasteiger partial charge in [0.15, 0.2) is 0 Å². The van der Waals surface area contributed by atoms with E-state index in [4.69, 9.17) is 0 Å². The van der Waals surface area contributed by atoms with Crippen molar-refractivity contribution >= 4 is 5.91 Å². The van der Waals surface area contributed by atoms with Crippen molar-refractivity contribution in [2.24, 2.45) is 0 Å². The van der Waals surface area contributed by atoms with Crippen molar-refractivity contribution in [1.29, 1.82) is 0 Å². The van der Waals surface area contributed by atoms with Gasteiger partial charge < -0.3 is 15.1 Å². The van der Waals surface area contributed by atoms with E-state index in [1.165, 1.54) is 19.3 Å². The molecule has 1 rings (SSSR count). The Labute approximate surface area is 105 Å². The summed E-state index contributed by atoms with van der Waals surface area (Å²) in [6.07, 6.45) is 4.55. The van der Waals surface area contributed by atoms with Gasteiger partial charge in [-0.1, -0.05) is 13.3 Å². The summed E-state index contributed by atoms with van der Waals surface area (Å²) in [5.74, 6) is 0.222. The molecule has 0 spiro atoms. The van der Waals surface area contributed by atoms with Crippen LogP contribution in [0.3, 0.4) is 0 Å². The summed E-state index contributed by atoms with van der Waals surface area (Å²) in [6.45, 7) is 6.31. The number of nitrogens with one attached hydrogen (secondary N) is 1. The minimum absolute atomic E-state index is 0.222. The largest absolute Gasteiger partial charge is 0.349 e. The second-order valence-corrected chi connectivity index (χ2v) is 5.08. The van der Waals surface area contributed by atoms with E-state index in [1.54, 1.807) is 4.90 Å². The predicted molar refractivity (Wildman–Crippen MR) is 71.1 cm³/mol. The van der Waals surface area contributed by atoms with Gasteiger partial charge in [-0.25, -0.2) is 0 Å². The maximum atomic E-state index is 11.5. The second-order valence-electron chi connectivity index (χ2n) is 5.08. The zero-order chi connectivity index (χ0) is 12.7. The Morgan fingerprint density at radius 3 is 2.65 bits per heavy atom. The van der Waals surface area contributed by atoms with E-state index >= 15 is 0 Å². The topological polar surface area (TPSA) is 35.6 Å². The molecule has 4 nitrogen and oxygen atoms in total. The Bertz CT molecular complexity index is 225. The van der Waals surface area contributed by atoms with Crippen molar-refractivity contribution in [3.05, 3.63) is 0 Å². The van der Waals surface area contributed by atoms with Crippen LogP contribution in [0.15, 0.2) is 0 Å². The number of nitrogens with zero attached hydrogens (tertiary/aromatic N) is 2. The Hall–Kier alpha value is -0.610. The third-order valence-electron chi connectivity index (χ3n) is 3.48. The maximum Gasteiger partial charge on any atom is 0.223 e. The smallest absolute Gasteiger partial charge is 0.223 e. The molecule has 0 bridgehead atoms. The van der Waals surface area contributed by atoms with Crippen LogP contribution in [0.2, 0.25) is 0 Å². The Balaban J connectivity index is 2.25. The Kier molecular flexibility index (Phi) is 6.52. The lowest BCUT2D eigenvalue weighted by Crippen LogP contribution is -2.44. The molecular weight excluding hydrogens is 214 g/mol. The van der Waals surface area contributed by atoms with E-state index in [-0.39, 0.29) is 5.91 Å². The third-order valence-corrected chi connectivity index (χ3v) is 3.48. The van der Waals surface area contributed by atoms with Crippen molar-refractivity contribution in [3.8, 4) is 0 Å². The van der Waals surface area contributed by atoms with Crippen LogP contribution in [0, 0.1) is 0 Å². The van der Waals surface area contributed by atoms with Crippen molar-refractivity contribution < 1.29 is 4.79 Å². The van der Waals surface area contributed by atoms with E-state index in [2.05, 4.69) is 17.1 Å². The molecule has 0 radical (unpaired) electrons. The van der Waals surface area contributed by atoms with Gasteiger partial charge in [-0.3, -0.25) is 4.79 Å². The zero-order valence-corrected chi connectivity index (χ0v) is 11.5. The number of carbonyl (C=O) groups is 1. The summed E-state index contributed by atoms with van der Waals surface area (Å²) in [5, 5.41) is 3.56. The number of rotatable bonds is 6. The highest BCUT2D eigenvalue weighted by Gasteiger charge is 2.16. The molecule has 0 aromatic carbocycles. The minimum Gasteiger partial charge on any atom is -0.349 e. The van der Waals surface area contributed by atoms with Crippen molar-refractivity contribution in [2.45, 2.75) is 38.6 Å². The highest BCUT2D eigenvalue weighted by molar-refractivity contribution is 5.75. The molecule has 4 heteroatoms. The summed E-state index contributed by atoms with van der Waals surface area (Å²) in [7, 11) is 3.64. The van der Waals surface area contributed by atoms with Gasteiger partial charge in [0.25, 0.3) is 0 Å². The molecular formula is C13H27N3O. The molecule has 1 aliphatic rings. The van der Waals surface area contributed by atoms with Crippen LogP contribution in [0.1, 0.15) is 32.6 Å². The van der Waals surface area contributed by atoms with Gasteiger partial charge >= 0.3 is 0 Å². The van der Waals surface area contributed by atoms with Crippen LogP contribution in [0.4, 0.5) is 0 Å². The van der Waals surface area contributed by atoms with Gasteiger partial charge in [0.2, 0.25) is 5.91 Å². The Morgan fingerprint density at radius 2 is 2.12 bits per heavy atom. The van der Waals surface area contributed by atoms with E-state index in [9.17, 15) is 4.79 Å². The fourth-order valence-corrected chi connectivity index (χ4v) is 2.25. The Morgan fingerprint density at radius 1 is 1.35 bits per heavy atom. The molecule has 0 aliphatic carbocycles. The van der Waals surface area contributed by atoms with Crippen LogP contribution in [-0.2, 0) is 4.79 Å². The molecule has 1 atom stereocenters. The summed E-state index contributed by atoms with van der Waals surface area (Å²) in [4.78, 5) is 15.6. The monoisotopic (exact) mass is 241 g/mol. The first kappa shape index (κ1) is 14.5.